The summed E-state index contributed by atoms with van der Waals surface area (Å²) in [5.41, 5.74) is 1.02. The van der Waals surface area contributed by atoms with Crippen molar-refractivity contribution in [1.29, 1.82) is 0 Å². The van der Waals surface area contributed by atoms with E-state index in [9.17, 15) is 9.50 Å². The number of halogens is 3. The van der Waals surface area contributed by atoms with Gasteiger partial charge in [-0.05, 0) is 25.1 Å². The summed E-state index contributed by atoms with van der Waals surface area (Å²) >= 11 is 9.07. The molecule has 2 aromatic carbocycles. The molecule has 0 heterocycles. The number of rotatable bonds is 4. The average molecular weight is 360 g/mol. The number of aliphatic hydroxyl groups is 1. The second-order valence-electron chi connectivity index (χ2n) is 4.36. The Morgan fingerprint density at radius 1 is 1.35 bits per heavy atom. The second kappa shape index (κ2) is 6.57. The maximum Gasteiger partial charge on any atom is 0.148 e. The van der Waals surface area contributed by atoms with Crippen molar-refractivity contribution in [1.82, 2.24) is 0 Å². The highest BCUT2D eigenvalue weighted by Crippen LogP contribution is 2.29. The molecule has 0 saturated carbocycles. The lowest BCUT2D eigenvalue weighted by Gasteiger charge is -2.14. The Labute approximate surface area is 130 Å². The Balaban J connectivity index is 2.22. The van der Waals surface area contributed by atoms with Crippen LogP contribution in [0.15, 0.2) is 40.9 Å². The molecule has 0 radical (unpaired) electrons. The molecule has 20 heavy (non-hydrogen) atoms. The van der Waals surface area contributed by atoms with E-state index in [2.05, 4.69) is 15.9 Å². The summed E-state index contributed by atoms with van der Waals surface area (Å²) in [6.45, 7) is 1.69. The molecular weight excluding hydrogens is 347 g/mol. The van der Waals surface area contributed by atoms with E-state index in [1.165, 1.54) is 6.07 Å². The van der Waals surface area contributed by atoms with Gasteiger partial charge in [0.25, 0.3) is 0 Å². The highest BCUT2D eigenvalue weighted by Gasteiger charge is 2.12. The topological polar surface area (TPSA) is 29.5 Å². The Morgan fingerprint density at radius 3 is 2.80 bits per heavy atom. The lowest BCUT2D eigenvalue weighted by atomic mass is 10.1. The fraction of sp³-hybridized carbons (Fsp3) is 0.200. The molecule has 0 aliphatic rings. The van der Waals surface area contributed by atoms with Crippen molar-refractivity contribution in [3.05, 3.63) is 62.8 Å². The first kappa shape index (κ1) is 15.3. The van der Waals surface area contributed by atoms with Gasteiger partial charge in [0, 0.05) is 15.6 Å². The molecule has 2 rings (SSSR count). The molecule has 0 aliphatic heterocycles. The Bertz CT molecular complexity index is 617. The van der Waals surface area contributed by atoms with Crippen molar-refractivity contribution in [2.45, 2.75) is 19.6 Å². The molecule has 0 spiro atoms. The van der Waals surface area contributed by atoms with Crippen LogP contribution in [0, 0.1) is 5.82 Å². The van der Waals surface area contributed by atoms with Crippen LogP contribution in [0.2, 0.25) is 5.02 Å². The zero-order chi connectivity index (χ0) is 14.7. The van der Waals surface area contributed by atoms with E-state index in [0.717, 1.165) is 4.47 Å². The summed E-state index contributed by atoms with van der Waals surface area (Å²) in [5, 5.41) is 9.77. The van der Waals surface area contributed by atoms with Crippen molar-refractivity contribution < 1.29 is 14.2 Å². The van der Waals surface area contributed by atoms with E-state index in [-0.39, 0.29) is 11.6 Å². The fourth-order valence-corrected chi connectivity index (χ4v) is 2.33. The lowest BCUT2D eigenvalue weighted by molar-refractivity contribution is 0.190. The smallest absolute Gasteiger partial charge is 0.148 e. The molecule has 0 bridgehead atoms. The third-order valence-electron chi connectivity index (χ3n) is 2.84. The van der Waals surface area contributed by atoms with Gasteiger partial charge in [0.15, 0.2) is 0 Å². The largest absolute Gasteiger partial charge is 0.488 e. The van der Waals surface area contributed by atoms with Gasteiger partial charge < -0.3 is 9.84 Å². The van der Waals surface area contributed by atoms with Crippen molar-refractivity contribution in [2.75, 3.05) is 0 Å². The molecule has 0 aromatic heterocycles. The number of ether oxygens (including phenoxy) is 1. The first-order chi connectivity index (χ1) is 9.49. The minimum absolute atomic E-state index is 0.0442. The van der Waals surface area contributed by atoms with Crippen molar-refractivity contribution in [2.24, 2.45) is 0 Å². The summed E-state index contributed by atoms with van der Waals surface area (Å²) < 4.78 is 20.2. The minimum Gasteiger partial charge on any atom is -0.488 e. The second-order valence-corrected chi connectivity index (χ2v) is 5.68. The van der Waals surface area contributed by atoms with Gasteiger partial charge >= 0.3 is 0 Å². The average Bonchev–Trinajstić information content (AvgIpc) is 2.40. The zero-order valence-corrected chi connectivity index (χ0v) is 13.1. The third kappa shape index (κ3) is 3.51. The van der Waals surface area contributed by atoms with Gasteiger partial charge in [0.1, 0.15) is 18.2 Å². The summed E-state index contributed by atoms with van der Waals surface area (Å²) in [7, 11) is 0. The van der Waals surface area contributed by atoms with Gasteiger partial charge in [-0.3, -0.25) is 0 Å². The number of hydrogen-bond donors (Lipinski definition) is 1. The van der Waals surface area contributed by atoms with E-state index in [0.29, 0.717) is 16.9 Å². The summed E-state index contributed by atoms with van der Waals surface area (Å²) in [6.07, 6.45) is -0.665. The quantitative estimate of drug-likeness (QED) is 0.843. The third-order valence-corrected chi connectivity index (χ3v) is 3.63. The van der Waals surface area contributed by atoms with Crippen LogP contribution in [0.5, 0.6) is 5.75 Å². The van der Waals surface area contributed by atoms with Crippen LogP contribution >= 0.6 is 27.5 Å². The van der Waals surface area contributed by atoms with Crippen LogP contribution in [0.25, 0.3) is 0 Å². The maximum absolute atomic E-state index is 13.8. The molecule has 2 aromatic rings. The summed E-state index contributed by atoms with van der Waals surface area (Å²) in [4.78, 5) is 0. The normalized spacial score (nSPS) is 12.2. The highest BCUT2D eigenvalue weighted by atomic mass is 79.9. The van der Waals surface area contributed by atoms with Gasteiger partial charge in [-0.1, -0.05) is 45.7 Å². The summed E-state index contributed by atoms with van der Waals surface area (Å²) in [5.74, 6) is 0.0245. The predicted octanol–water partition coefficient (Wildman–Crippen LogP) is 4.87. The van der Waals surface area contributed by atoms with Gasteiger partial charge in [-0.15, -0.1) is 0 Å². The molecule has 0 fully saturated rings. The van der Waals surface area contributed by atoms with Crippen molar-refractivity contribution >= 4 is 27.5 Å². The van der Waals surface area contributed by atoms with E-state index in [1.807, 2.05) is 6.07 Å². The van der Waals surface area contributed by atoms with Crippen molar-refractivity contribution in [3.8, 4) is 5.75 Å². The van der Waals surface area contributed by atoms with Crippen LogP contribution in [-0.2, 0) is 6.61 Å². The van der Waals surface area contributed by atoms with Gasteiger partial charge in [-0.2, -0.15) is 0 Å². The Kier molecular flexibility index (Phi) is 5.02. The molecule has 0 aliphatic carbocycles. The molecule has 0 saturated heterocycles. The monoisotopic (exact) mass is 358 g/mol. The van der Waals surface area contributed by atoms with E-state index < -0.39 is 11.9 Å². The Hall–Kier alpha value is -1.10. The zero-order valence-electron chi connectivity index (χ0n) is 10.7. The summed E-state index contributed by atoms with van der Waals surface area (Å²) in [6, 6.07) is 10.1. The van der Waals surface area contributed by atoms with E-state index in [1.54, 1.807) is 31.2 Å². The van der Waals surface area contributed by atoms with Crippen LogP contribution in [0.3, 0.4) is 0 Å². The standard InChI is InChI=1S/C15H13BrClFO2/c1-9(19)12-6-5-11(16)7-14(12)20-8-10-3-2-4-13(17)15(10)18/h2-7,9,19H,8H2,1H3/t9-/m0/s1. The molecule has 1 N–H and O–H groups in total. The van der Waals surface area contributed by atoms with Gasteiger partial charge in [-0.25, -0.2) is 4.39 Å². The molecule has 106 valence electrons. The Morgan fingerprint density at radius 2 is 2.10 bits per heavy atom. The first-order valence-corrected chi connectivity index (χ1v) is 7.19. The van der Waals surface area contributed by atoms with Crippen molar-refractivity contribution in [3.63, 3.8) is 0 Å². The maximum atomic E-state index is 13.8. The minimum atomic E-state index is -0.665. The van der Waals surface area contributed by atoms with E-state index >= 15 is 0 Å². The number of aliphatic hydroxyl groups excluding tert-OH is 1. The molecule has 5 heteroatoms. The molecule has 0 unspecified atom stereocenters. The van der Waals surface area contributed by atoms with Crippen LogP contribution in [0.1, 0.15) is 24.2 Å². The van der Waals surface area contributed by atoms with Gasteiger partial charge in [0.05, 0.1) is 11.1 Å². The first-order valence-electron chi connectivity index (χ1n) is 6.02. The van der Waals surface area contributed by atoms with Crippen LogP contribution in [0.4, 0.5) is 4.39 Å². The number of benzene rings is 2. The van der Waals surface area contributed by atoms with Crippen LogP contribution < -0.4 is 4.74 Å². The molecule has 0 amide bonds. The molecular formula is C15H13BrClFO2. The van der Waals surface area contributed by atoms with Gasteiger partial charge in [0.2, 0.25) is 0 Å². The molecule has 1 atom stereocenters. The predicted molar refractivity (Wildman–Crippen MR) is 80.5 cm³/mol. The van der Waals surface area contributed by atoms with E-state index in [4.69, 9.17) is 16.3 Å². The molecule has 2 nitrogen and oxygen atoms in total. The van der Waals surface area contributed by atoms with Crippen LogP contribution in [-0.4, -0.2) is 5.11 Å². The SMILES string of the molecule is C[C@H](O)c1ccc(Br)cc1OCc1cccc(Cl)c1F. The highest BCUT2D eigenvalue weighted by molar-refractivity contribution is 9.10. The fourth-order valence-electron chi connectivity index (χ4n) is 1.79. The lowest BCUT2D eigenvalue weighted by Crippen LogP contribution is -2.03. The number of hydrogen-bond acceptors (Lipinski definition) is 2.